The van der Waals surface area contributed by atoms with Crippen molar-refractivity contribution in [1.82, 2.24) is 9.55 Å². The average molecular weight is 530 g/mol. The molecule has 0 spiro atoms. The van der Waals surface area contributed by atoms with Crippen LogP contribution >= 0.6 is 15.9 Å². The van der Waals surface area contributed by atoms with E-state index in [9.17, 15) is 4.79 Å². The fourth-order valence-corrected chi connectivity index (χ4v) is 4.60. The van der Waals surface area contributed by atoms with Gasteiger partial charge in [-0.25, -0.2) is 4.98 Å². The Morgan fingerprint density at radius 2 is 1.68 bits per heavy atom. The van der Waals surface area contributed by atoms with Gasteiger partial charge in [0.2, 0.25) is 5.78 Å². The third-order valence-corrected chi connectivity index (χ3v) is 6.67. The molecule has 0 saturated carbocycles. The van der Waals surface area contributed by atoms with Gasteiger partial charge in [-0.2, -0.15) is 0 Å². The Morgan fingerprint density at radius 3 is 2.24 bits per heavy atom. The molecule has 1 aliphatic heterocycles. The highest BCUT2D eigenvalue weighted by Gasteiger charge is 2.27. The first-order valence-corrected chi connectivity index (χ1v) is 11.7. The minimum absolute atomic E-state index is 0.216. The van der Waals surface area contributed by atoms with Crippen molar-refractivity contribution in [3.63, 3.8) is 0 Å². The molecule has 1 unspecified atom stereocenters. The number of morpholine rings is 1. The molecule has 1 saturated heterocycles. The summed E-state index contributed by atoms with van der Waals surface area (Å²) in [7, 11) is 6.51. The number of ether oxygens (including phenoxy) is 4. The molecule has 2 heterocycles. The van der Waals surface area contributed by atoms with E-state index >= 15 is 0 Å². The Kier molecular flexibility index (Phi) is 7.55. The number of imidazole rings is 1. The predicted molar refractivity (Wildman–Crippen MR) is 133 cm³/mol. The van der Waals surface area contributed by atoms with E-state index in [1.807, 2.05) is 42.6 Å². The van der Waals surface area contributed by atoms with E-state index in [4.69, 9.17) is 18.9 Å². The summed E-state index contributed by atoms with van der Waals surface area (Å²) in [6.45, 7) is 3.15. The van der Waals surface area contributed by atoms with Gasteiger partial charge in [0, 0.05) is 44.7 Å². The van der Waals surface area contributed by atoms with Crippen LogP contribution in [0.3, 0.4) is 0 Å². The normalized spacial score (nSPS) is 14.7. The van der Waals surface area contributed by atoms with Gasteiger partial charge in [-0.1, -0.05) is 12.1 Å². The van der Waals surface area contributed by atoms with Crippen LogP contribution in [0.2, 0.25) is 0 Å². The molecule has 0 radical (unpaired) electrons. The van der Waals surface area contributed by atoms with Crippen LogP contribution in [0.4, 0.5) is 5.69 Å². The monoisotopic (exact) mass is 529 g/mol. The van der Waals surface area contributed by atoms with Crippen molar-refractivity contribution >= 4 is 27.4 Å². The second-order valence-electron chi connectivity index (χ2n) is 7.93. The molecule has 2 aromatic carbocycles. The molecule has 8 nitrogen and oxygen atoms in total. The summed E-state index contributed by atoms with van der Waals surface area (Å²) in [5, 5.41) is 0. The number of Topliss-reactive ketones (excluding diaryl/α,β-unsaturated/α-hetero) is 1. The van der Waals surface area contributed by atoms with Gasteiger partial charge < -0.3 is 28.4 Å². The number of carbonyl (C=O) groups is 1. The number of hydrogen-bond acceptors (Lipinski definition) is 7. The summed E-state index contributed by atoms with van der Waals surface area (Å²) in [5.41, 5.74) is 3.29. The zero-order valence-corrected chi connectivity index (χ0v) is 21.3. The summed E-state index contributed by atoms with van der Waals surface area (Å²) in [5.74, 6) is 1.32. The second-order valence-corrected chi connectivity index (χ2v) is 8.72. The highest BCUT2D eigenvalue weighted by molar-refractivity contribution is 9.10. The number of aryl methyl sites for hydroxylation is 1. The molecule has 0 bridgehead atoms. The number of ketones is 1. The molecule has 9 heteroatoms. The lowest BCUT2D eigenvalue weighted by Crippen LogP contribution is -2.36. The van der Waals surface area contributed by atoms with Crippen molar-refractivity contribution in [2.24, 2.45) is 7.05 Å². The van der Waals surface area contributed by atoms with Crippen LogP contribution in [-0.4, -0.2) is 63.0 Å². The van der Waals surface area contributed by atoms with Crippen molar-refractivity contribution in [1.29, 1.82) is 0 Å². The summed E-state index contributed by atoms with van der Waals surface area (Å²) >= 11 is 3.48. The number of hydrogen-bond donors (Lipinski definition) is 0. The van der Waals surface area contributed by atoms with Gasteiger partial charge in [0.1, 0.15) is 22.1 Å². The number of carbonyl (C=O) groups excluding carboxylic acids is 1. The van der Waals surface area contributed by atoms with E-state index in [1.54, 1.807) is 25.8 Å². The van der Waals surface area contributed by atoms with Crippen LogP contribution in [0, 0.1) is 0 Å². The quantitative estimate of drug-likeness (QED) is 0.403. The predicted octanol–water partition coefficient (Wildman–Crippen LogP) is 4.27. The van der Waals surface area contributed by atoms with Gasteiger partial charge in [-0.15, -0.1) is 0 Å². The summed E-state index contributed by atoms with van der Waals surface area (Å²) < 4.78 is 24.4. The third kappa shape index (κ3) is 4.82. The maximum absolute atomic E-state index is 13.4. The largest absolute Gasteiger partial charge is 0.495 e. The van der Waals surface area contributed by atoms with Gasteiger partial charge in [0.05, 0.1) is 33.1 Å². The van der Waals surface area contributed by atoms with Gasteiger partial charge in [-0.05, 0) is 45.8 Å². The number of halogens is 1. The van der Waals surface area contributed by atoms with Gasteiger partial charge in [0.15, 0.2) is 5.82 Å². The number of methoxy groups -OCH3 is 3. The first-order chi connectivity index (χ1) is 16.5. The second kappa shape index (κ2) is 10.6. The molecule has 0 amide bonds. The van der Waals surface area contributed by atoms with Crippen LogP contribution < -0.4 is 14.4 Å². The molecular weight excluding hydrogens is 502 g/mol. The number of anilines is 1. The molecule has 34 heavy (non-hydrogen) atoms. The Balaban J connectivity index is 1.60. The minimum atomic E-state index is -0.762. The number of nitrogens with zero attached hydrogens (tertiary/aromatic N) is 3. The van der Waals surface area contributed by atoms with E-state index in [1.165, 1.54) is 7.11 Å². The molecule has 4 rings (SSSR count). The third-order valence-electron chi connectivity index (χ3n) is 5.88. The Labute approximate surface area is 207 Å². The summed E-state index contributed by atoms with van der Waals surface area (Å²) in [4.78, 5) is 20.3. The van der Waals surface area contributed by atoms with Gasteiger partial charge in [-0.3, -0.25) is 4.79 Å². The minimum Gasteiger partial charge on any atom is -0.495 e. The molecule has 0 N–H and O–H groups in total. The fourth-order valence-electron chi connectivity index (χ4n) is 4.04. The van der Waals surface area contributed by atoms with E-state index in [2.05, 4.69) is 25.8 Å². The van der Waals surface area contributed by atoms with Crippen molar-refractivity contribution in [2.75, 3.05) is 52.5 Å². The summed E-state index contributed by atoms with van der Waals surface area (Å²) in [6, 6.07) is 11.6. The number of benzene rings is 2. The van der Waals surface area contributed by atoms with E-state index < -0.39 is 6.10 Å². The lowest BCUT2D eigenvalue weighted by atomic mass is 10.0. The molecule has 1 fully saturated rings. The van der Waals surface area contributed by atoms with Crippen LogP contribution in [0.1, 0.15) is 22.3 Å². The standard InChI is InChI=1S/C25H28BrN3O5/c1-28-15-19(17-13-20(31-2)22(26)21(14-17)32-3)27-25(28)23(30)24(33-4)16-5-7-18(8-6-16)29-9-11-34-12-10-29/h5-8,13-15,24H,9-12H2,1-4H3. The molecule has 1 atom stereocenters. The molecule has 1 aliphatic rings. The van der Waals surface area contributed by atoms with Gasteiger partial charge in [0.25, 0.3) is 0 Å². The van der Waals surface area contributed by atoms with Crippen LogP contribution in [0.15, 0.2) is 47.1 Å². The van der Waals surface area contributed by atoms with Crippen LogP contribution in [0.25, 0.3) is 11.3 Å². The Morgan fingerprint density at radius 1 is 1.06 bits per heavy atom. The summed E-state index contributed by atoms with van der Waals surface area (Å²) in [6.07, 6.45) is 1.05. The highest BCUT2D eigenvalue weighted by Crippen LogP contribution is 2.39. The molecule has 1 aromatic heterocycles. The molecule has 3 aromatic rings. The number of rotatable bonds is 8. The van der Waals surface area contributed by atoms with Crippen molar-refractivity contribution in [2.45, 2.75) is 6.10 Å². The van der Waals surface area contributed by atoms with Gasteiger partial charge >= 0.3 is 0 Å². The Hall–Kier alpha value is -2.88. The van der Waals surface area contributed by atoms with E-state index in [-0.39, 0.29) is 5.78 Å². The smallest absolute Gasteiger partial charge is 0.231 e. The SMILES string of the molecule is COc1cc(-c2cn(C)c(C(=O)C(OC)c3ccc(N4CCOCC4)cc3)n2)cc(OC)c1Br. The molecule has 180 valence electrons. The topological polar surface area (TPSA) is 75.1 Å². The lowest BCUT2D eigenvalue weighted by Gasteiger charge is -2.29. The maximum Gasteiger partial charge on any atom is 0.231 e. The highest BCUT2D eigenvalue weighted by atomic mass is 79.9. The van der Waals surface area contributed by atoms with E-state index in [0.717, 1.165) is 43.1 Å². The van der Waals surface area contributed by atoms with Crippen LogP contribution in [-0.2, 0) is 16.5 Å². The van der Waals surface area contributed by atoms with E-state index in [0.29, 0.717) is 27.5 Å². The van der Waals surface area contributed by atoms with Crippen molar-refractivity contribution in [3.05, 3.63) is 58.5 Å². The average Bonchev–Trinajstić information content (AvgIpc) is 3.27. The first kappa shape index (κ1) is 24.3. The molecular formula is C25H28BrN3O5. The molecule has 0 aliphatic carbocycles. The number of aromatic nitrogens is 2. The van der Waals surface area contributed by atoms with Crippen molar-refractivity contribution < 1.29 is 23.7 Å². The zero-order valence-electron chi connectivity index (χ0n) is 19.7. The maximum atomic E-state index is 13.4. The fraction of sp³-hybridized carbons (Fsp3) is 0.360. The van der Waals surface area contributed by atoms with Crippen molar-refractivity contribution in [3.8, 4) is 22.8 Å². The van der Waals surface area contributed by atoms with Crippen LogP contribution in [0.5, 0.6) is 11.5 Å². The zero-order chi connectivity index (χ0) is 24.2. The Bertz CT molecular complexity index is 1130. The first-order valence-electron chi connectivity index (χ1n) is 10.9. The lowest BCUT2D eigenvalue weighted by molar-refractivity contribution is 0.0590.